The summed E-state index contributed by atoms with van der Waals surface area (Å²) < 4.78 is 3.90. The van der Waals surface area contributed by atoms with Crippen LogP contribution < -0.4 is 0 Å². The lowest BCUT2D eigenvalue weighted by molar-refractivity contribution is -0.137. The van der Waals surface area contributed by atoms with E-state index in [1.54, 1.807) is 6.20 Å². The molecule has 134 valence electrons. The molecule has 8 heteroatoms. The number of nitrogens with zero attached hydrogens (tertiary/aromatic N) is 5. The van der Waals surface area contributed by atoms with Crippen LogP contribution in [-0.2, 0) is 42.1 Å². The number of carboxylic acid groups (broad SMARTS) is 1. The Kier molecular flexibility index (Phi) is 5.16. The first kappa shape index (κ1) is 17.2. The van der Waals surface area contributed by atoms with Crippen LogP contribution in [0, 0.1) is 0 Å². The summed E-state index contributed by atoms with van der Waals surface area (Å²) in [6.07, 6.45) is 5.47. The third-order valence-corrected chi connectivity index (χ3v) is 4.48. The smallest absolute Gasteiger partial charge is 0.303 e. The summed E-state index contributed by atoms with van der Waals surface area (Å²) in [5.74, 6) is 0.289. The number of rotatable bonds is 7. The van der Waals surface area contributed by atoms with Gasteiger partial charge in [0.25, 0.3) is 0 Å². The van der Waals surface area contributed by atoms with E-state index in [9.17, 15) is 9.59 Å². The second kappa shape index (κ2) is 7.50. The molecule has 3 heterocycles. The van der Waals surface area contributed by atoms with Crippen LogP contribution in [0.5, 0.6) is 0 Å². The van der Waals surface area contributed by atoms with Gasteiger partial charge in [0.15, 0.2) is 0 Å². The summed E-state index contributed by atoms with van der Waals surface area (Å²) in [5.41, 5.74) is 1.74. The Morgan fingerprint density at radius 3 is 2.88 bits per heavy atom. The van der Waals surface area contributed by atoms with Gasteiger partial charge in [-0.1, -0.05) is 6.92 Å². The van der Waals surface area contributed by atoms with Crippen molar-refractivity contribution in [1.29, 1.82) is 0 Å². The maximum absolute atomic E-state index is 12.5. The number of carbonyl (C=O) groups is 2. The van der Waals surface area contributed by atoms with Gasteiger partial charge in [-0.2, -0.15) is 5.10 Å². The fraction of sp³-hybridized carbons (Fsp3) is 0.529. The molecule has 0 atom stereocenters. The number of carboxylic acids is 1. The lowest BCUT2D eigenvalue weighted by atomic mass is 10.2. The Morgan fingerprint density at radius 1 is 1.28 bits per heavy atom. The molecule has 0 saturated carbocycles. The van der Waals surface area contributed by atoms with Gasteiger partial charge in [0, 0.05) is 44.7 Å². The minimum atomic E-state index is -0.825. The minimum Gasteiger partial charge on any atom is -0.481 e. The molecule has 8 nitrogen and oxygen atoms in total. The first-order valence-corrected chi connectivity index (χ1v) is 8.62. The summed E-state index contributed by atoms with van der Waals surface area (Å²) in [6, 6.07) is 1.91. The Labute approximate surface area is 146 Å². The predicted octanol–water partition coefficient (Wildman–Crippen LogP) is 1.09. The van der Waals surface area contributed by atoms with E-state index in [0.29, 0.717) is 39.0 Å². The molecular formula is C17H23N5O3. The van der Waals surface area contributed by atoms with Crippen molar-refractivity contribution >= 4 is 11.9 Å². The lowest BCUT2D eigenvalue weighted by Crippen LogP contribution is -2.38. The number of hydrogen-bond acceptors (Lipinski definition) is 4. The van der Waals surface area contributed by atoms with Crippen molar-refractivity contribution in [2.75, 3.05) is 6.54 Å². The van der Waals surface area contributed by atoms with Gasteiger partial charge in [-0.3, -0.25) is 14.3 Å². The van der Waals surface area contributed by atoms with Gasteiger partial charge in [-0.15, -0.1) is 0 Å². The number of carbonyl (C=O) groups excluding carboxylic acids is 1. The molecule has 25 heavy (non-hydrogen) atoms. The van der Waals surface area contributed by atoms with Crippen molar-refractivity contribution in [3.8, 4) is 0 Å². The van der Waals surface area contributed by atoms with Crippen molar-refractivity contribution in [2.24, 2.45) is 0 Å². The fourth-order valence-corrected chi connectivity index (χ4v) is 3.13. The summed E-state index contributed by atoms with van der Waals surface area (Å²) in [7, 11) is 0. The Hall–Kier alpha value is -2.64. The highest BCUT2D eigenvalue weighted by molar-refractivity contribution is 5.76. The maximum atomic E-state index is 12.5. The van der Waals surface area contributed by atoms with Crippen molar-refractivity contribution in [2.45, 2.75) is 52.2 Å². The zero-order valence-electron chi connectivity index (χ0n) is 14.4. The number of aromatic nitrogens is 4. The van der Waals surface area contributed by atoms with Crippen LogP contribution >= 0.6 is 0 Å². The SMILES string of the molecule is CCc1nccn1CCC(=O)N1CCn2nc(CCC(=O)O)cc2C1. The fourth-order valence-electron chi connectivity index (χ4n) is 3.13. The Morgan fingerprint density at radius 2 is 2.12 bits per heavy atom. The summed E-state index contributed by atoms with van der Waals surface area (Å²) in [4.78, 5) is 29.3. The van der Waals surface area contributed by atoms with E-state index in [1.165, 1.54) is 0 Å². The zero-order valence-corrected chi connectivity index (χ0v) is 14.4. The van der Waals surface area contributed by atoms with E-state index in [-0.39, 0.29) is 12.3 Å². The molecule has 0 radical (unpaired) electrons. The molecule has 1 aliphatic heterocycles. The van der Waals surface area contributed by atoms with Crippen LogP contribution in [-0.4, -0.2) is 47.8 Å². The molecule has 1 aliphatic rings. The van der Waals surface area contributed by atoms with Gasteiger partial charge >= 0.3 is 5.97 Å². The van der Waals surface area contributed by atoms with Crippen LogP contribution in [0.2, 0.25) is 0 Å². The molecule has 0 fully saturated rings. The Bertz CT molecular complexity index is 764. The molecule has 1 amide bonds. The highest BCUT2D eigenvalue weighted by Gasteiger charge is 2.22. The number of amides is 1. The number of imidazole rings is 1. The van der Waals surface area contributed by atoms with Crippen molar-refractivity contribution in [1.82, 2.24) is 24.2 Å². The van der Waals surface area contributed by atoms with Crippen LogP contribution in [0.25, 0.3) is 0 Å². The second-order valence-electron chi connectivity index (χ2n) is 6.20. The standard InChI is InChI=1S/C17H23N5O3/c1-2-15-18-6-8-20(15)7-5-16(23)21-9-10-22-14(12-21)11-13(19-22)3-4-17(24)25/h6,8,11H,2-5,7,9-10,12H2,1H3,(H,24,25). The van der Waals surface area contributed by atoms with Crippen LogP contribution in [0.4, 0.5) is 0 Å². The van der Waals surface area contributed by atoms with E-state index >= 15 is 0 Å². The average Bonchev–Trinajstić information content (AvgIpc) is 3.22. The number of fused-ring (bicyclic) bond motifs is 1. The minimum absolute atomic E-state index is 0.0732. The molecule has 3 rings (SSSR count). The second-order valence-corrected chi connectivity index (χ2v) is 6.20. The van der Waals surface area contributed by atoms with E-state index < -0.39 is 5.97 Å². The van der Waals surface area contributed by atoms with Crippen molar-refractivity contribution in [3.05, 3.63) is 35.7 Å². The van der Waals surface area contributed by atoms with Crippen molar-refractivity contribution in [3.63, 3.8) is 0 Å². The topological polar surface area (TPSA) is 93.3 Å². The van der Waals surface area contributed by atoms with E-state index in [1.807, 2.05) is 33.3 Å². The summed E-state index contributed by atoms with van der Waals surface area (Å²) >= 11 is 0. The molecule has 0 saturated heterocycles. The number of aliphatic carboxylic acids is 1. The quantitative estimate of drug-likeness (QED) is 0.811. The summed E-state index contributed by atoms with van der Waals surface area (Å²) in [5, 5.41) is 13.2. The highest BCUT2D eigenvalue weighted by Crippen LogP contribution is 2.16. The van der Waals surface area contributed by atoms with Gasteiger partial charge < -0.3 is 14.6 Å². The molecule has 2 aromatic rings. The molecule has 1 N–H and O–H groups in total. The summed E-state index contributed by atoms with van der Waals surface area (Å²) in [6.45, 7) is 4.51. The average molecular weight is 345 g/mol. The van der Waals surface area contributed by atoms with Crippen molar-refractivity contribution < 1.29 is 14.7 Å². The van der Waals surface area contributed by atoms with E-state index in [0.717, 1.165) is 23.6 Å². The lowest BCUT2D eigenvalue weighted by Gasteiger charge is -2.27. The third kappa shape index (κ3) is 4.07. The van der Waals surface area contributed by atoms with Crippen LogP contribution in [0.3, 0.4) is 0 Å². The zero-order chi connectivity index (χ0) is 17.8. The normalized spacial score (nSPS) is 13.7. The first-order valence-electron chi connectivity index (χ1n) is 8.62. The Balaban J connectivity index is 1.56. The monoisotopic (exact) mass is 345 g/mol. The van der Waals surface area contributed by atoms with Crippen LogP contribution in [0.1, 0.15) is 37.0 Å². The van der Waals surface area contributed by atoms with Gasteiger partial charge in [0.1, 0.15) is 5.82 Å². The highest BCUT2D eigenvalue weighted by atomic mass is 16.4. The molecule has 2 aromatic heterocycles. The molecule has 0 aromatic carbocycles. The largest absolute Gasteiger partial charge is 0.481 e. The molecule has 0 aliphatic carbocycles. The molecule has 0 spiro atoms. The van der Waals surface area contributed by atoms with E-state index in [4.69, 9.17) is 5.11 Å². The van der Waals surface area contributed by atoms with Gasteiger partial charge in [-0.05, 0) is 6.07 Å². The third-order valence-electron chi connectivity index (χ3n) is 4.48. The molecule has 0 bridgehead atoms. The molecule has 0 unspecified atom stereocenters. The van der Waals surface area contributed by atoms with E-state index in [2.05, 4.69) is 10.1 Å². The maximum Gasteiger partial charge on any atom is 0.303 e. The van der Waals surface area contributed by atoms with Crippen LogP contribution in [0.15, 0.2) is 18.5 Å². The number of hydrogen-bond donors (Lipinski definition) is 1. The van der Waals surface area contributed by atoms with Gasteiger partial charge in [0.2, 0.25) is 5.91 Å². The molecular weight excluding hydrogens is 322 g/mol. The number of aryl methyl sites for hydroxylation is 3. The first-order chi connectivity index (χ1) is 12.1. The predicted molar refractivity (Wildman–Crippen MR) is 89.8 cm³/mol. The van der Waals surface area contributed by atoms with Gasteiger partial charge in [0.05, 0.1) is 30.9 Å². The van der Waals surface area contributed by atoms with Gasteiger partial charge in [-0.25, -0.2) is 4.98 Å².